The van der Waals surface area contributed by atoms with Crippen LogP contribution in [0.3, 0.4) is 0 Å². The molecule has 0 bridgehead atoms. The van der Waals surface area contributed by atoms with Gasteiger partial charge in [-0.1, -0.05) is 32.9 Å². The van der Waals surface area contributed by atoms with Gasteiger partial charge in [-0.05, 0) is 60.1 Å². The van der Waals surface area contributed by atoms with Gasteiger partial charge in [-0.15, -0.1) is 0 Å². The summed E-state index contributed by atoms with van der Waals surface area (Å²) in [7, 11) is 0. The normalized spacial score (nSPS) is 11.5. The monoisotopic (exact) mass is 376 g/mol. The van der Waals surface area contributed by atoms with E-state index in [4.69, 9.17) is 0 Å². The van der Waals surface area contributed by atoms with Crippen LogP contribution in [0, 0.1) is 13.8 Å². The van der Waals surface area contributed by atoms with Crippen LogP contribution in [-0.2, 0) is 11.8 Å². The first-order valence-electron chi connectivity index (χ1n) is 9.59. The van der Waals surface area contributed by atoms with Gasteiger partial charge in [-0.25, -0.2) is 9.97 Å². The Bertz CT molecular complexity index is 928. The maximum atomic E-state index is 12.4. The van der Waals surface area contributed by atoms with E-state index in [9.17, 15) is 4.79 Å². The average Bonchev–Trinajstić information content (AvgIpc) is 3.17. The lowest BCUT2D eigenvalue weighted by molar-refractivity contribution is 0.0953. The van der Waals surface area contributed by atoms with Gasteiger partial charge >= 0.3 is 0 Å². The van der Waals surface area contributed by atoms with Crippen LogP contribution in [0.1, 0.15) is 53.4 Å². The predicted octanol–water partition coefficient (Wildman–Crippen LogP) is 4.15. The Morgan fingerprint density at radius 2 is 1.86 bits per heavy atom. The molecule has 3 rings (SSSR count). The average molecular weight is 377 g/mol. The molecule has 0 saturated carbocycles. The number of amides is 1. The largest absolute Gasteiger partial charge is 0.352 e. The van der Waals surface area contributed by atoms with Crippen LogP contribution < -0.4 is 5.32 Å². The number of nitrogens with zero attached hydrogens (tertiary/aromatic N) is 3. The van der Waals surface area contributed by atoms with Crippen molar-refractivity contribution in [2.24, 2.45) is 0 Å². The Kier molecular flexibility index (Phi) is 5.63. The molecule has 28 heavy (non-hydrogen) atoms. The minimum absolute atomic E-state index is 0.105. The second-order valence-electron chi connectivity index (χ2n) is 8.22. The fourth-order valence-electron chi connectivity index (χ4n) is 3.29. The summed E-state index contributed by atoms with van der Waals surface area (Å²) in [6.07, 6.45) is 7.60. The molecule has 0 unspecified atom stereocenters. The molecule has 2 aromatic heterocycles. The Hall–Kier alpha value is -2.95. The third-order valence-corrected chi connectivity index (χ3v) is 5.00. The minimum Gasteiger partial charge on any atom is -0.352 e. The van der Waals surface area contributed by atoms with Crippen LogP contribution in [0.4, 0.5) is 0 Å². The van der Waals surface area contributed by atoms with Gasteiger partial charge < -0.3 is 5.32 Å². The summed E-state index contributed by atoms with van der Waals surface area (Å²) in [6.45, 7) is 11.6. The fourth-order valence-corrected chi connectivity index (χ4v) is 3.29. The van der Waals surface area contributed by atoms with E-state index >= 15 is 0 Å². The van der Waals surface area contributed by atoms with E-state index in [1.807, 2.05) is 12.3 Å². The Morgan fingerprint density at radius 3 is 2.39 bits per heavy atom. The lowest BCUT2D eigenvalue weighted by atomic mass is 9.83. The molecular weight excluding hydrogens is 348 g/mol. The Morgan fingerprint density at radius 1 is 1.14 bits per heavy atom. The molecule has 0 atom stereocenters. The van der Waals surface area contributed by atoms with Gasteiger partial charge in [0, 0.05) is 25.1 Å². The van der Waals surface area contributed by atoms with Crippen molar-refractivity contribution < 1.29 is 4.79 Å². The van der Waals surface area contributed by atoms with Gasteiger partial charge in [-0.2, -0.15) is 0 Å². The number of hydrogen-bond donors (Lipinski definition) is 1. The zero-order chi connectivity index (χ0) is 20.3. The molecule has 0 saturated heterocycles. The molecule has 5 nitrogen and oxygen atoms in total. The van der Waals surface area contributed by atoms with E-state index < -0.39 is 0 Å². The van der Waals surface area contributed by atoms with E-state index in [2.05, 4.69) is 62.0 Å². The van der Waals surface area contributed by atoms with Crippen molar-refractivity contribution in [3.8, 4) is 5.82 Å². The topological polar surface area (TPSA) is 59.8 Å². The van der Waals surface area contributed by atoms with Crippen molar-refractivity contribution in [2.45, 2.75) is 46.5 Å². The van der Waals surface area contributed by atoms with Crippen LogP contribution in [-0.4, -0.2) is 27.0 Å². The van der Waals surface area contributed by atoms with Crippen molar-refractivity contribution in [3.63, 3.8) is 0 Å². The number of benzene rings is 1. The second-order valence-corrected chi connectivity index (χ2v) is 8.22. The maximum absolute atomic E-state index is 12.4. The second kappa shape index (κ2) is 7.97. The standard InChI is InChI=1S/C23H28N4O/c1-16-12-19(23(3,4)5)13-17(2)20(16)8-9-25-22(28)18-6-7-21(26-14-18)27-11-10-24-15-27/h6-7,10-15H,8-9H2,1-5H3,(H,25,28). The molecule has 5 heteroatoms. The molecule has 1 amide bonds. The lowest BCUT2D eigenvalue weighted by Crippen LogP contribution is -2.26. The van der Waals surface area contributed by atoms with Crippen molar-refractivity contribution >= 4 is 5.91 Å². The first-order valence-corrected chi connectivity index (χ1v) is 9.59. The molecular formula is C23H28N4O. The number of aromatic nitrogens is 3. The number of rotatable bonds is 5. The number of nitrogens with one attached hydrogen (secondary N) is 1. The number of hydrogen-bond acceptors (Lipinski definition) is 3. The number of carbonyl (C=O) groups is 1. The van der Waals surface area contributed by atoms with Crippen LogP contribution >= 0.6 is 0 Å². The Balaban J connectivity index is 1.61. The van der Waals surface area contributed by atoms with E-state index in [1.165, 1.54) is 22.3 Å². The van der Waals surface area contributed by atoms with E-state index in [0.717, 1.165) is 12.2 Å². The van der Waals surface area contributed by atoms with Crippen LogP contribution in [0.5, 0.6) is 0 Å². The smallest absolute Gasteiger partial charge is 0.252 e. The highest BCUT2D eigenvalue weighted by Crippen LogP contribution is 2.27. The SMILES string of the molecule is Cc1cc(C(C)(C)C)cc(C)c1CCNC(=O)c1ccc(-n2ccnc2)nc1. The number of aryl methyl sites for hydroxylation is 2. The van der Waals surface area contributed by atoms with E-state index in [1.54, 1.807) is 29.4 Å². The van der Waals surface area contributed by atoms with Crippen molar-refractivity contribution in [3.05, 3.63) is 77.0 Å². The maximum Gasteiger partial charge on any atom is 0.252 e. The summed E-state index contributed by atoms with van der Waals surface area (Å²) in [5.41, 5.74) is 5.91. The van der Waals surface area contributed by atoms with Gasteiger partial charge in [0.25, 0.3) is 5.91 Å². The molecule has 0 radical (unpaired) electrons. The summed E-state index contributed by atoms with van der Waals surface area (Å²) in [5.74, 6) is 0.630. The van der Waals surface area contributed by atoms with Gasteiger partial charge in [0.15, 0.2) is 0 Å². The van der Waals surface area contributed by atoms with Crippen LogP contribution in [0.25, 0.3) is 5.82 Å². The van der Waals surface area contributed by atoms with Crippen LogP contribution in [0.2, 0.25) is 0 Å². The molecule has 0 aliphatic rings. The highest BCUT2D eigenvalue weighted by atomic mass is 16.1. The van der Waals surface area contributed by atoms with E-state index in [0.29, 0.717) is 12.1 Å². The molecule has 0 aliphatic heterocycles. The lowest BCUT2D eigenvalue weighted by Gasteiger charge is -2.22. The summed E-state index contributed by atoms with van der Waals surface area (Å²) < 4.78 is 1.80. The van der Waals surface area contributed by atoms with Gasteiger partial charge in [0.05, 0.1) is 5.56 Å². The van der Waals surface area contributed by atoms with Gasteiger partial charge in [-0.3, -0.25) is 9.36 Å². The molecule has 146 valence electrons. The van der Waals surface area contributed by atoms with Crippen molar-refractivity contribution in [1.29, 1.82) is 0 Å². The molecule has 0 spiro atoms. The summed E-state index contributed by atoms with van der Waals surface area (Å²) in [6, 6.07) is 8.13. The minimum atomic E-state index is -0.105. The zero-order valence-corrected chi connectivity index (χ0v) is 17.3. The Labute approximate surface area is 166 Å². The molecule has 0 aliphatic carbocycles. The first kappa shape index (κ1) is 19.8. The summed E-state index contributed by atoms with van der Waals surface area (Å²) in [5, 5.41) is 3.00. The van der Waals surface area contributed by atoms with Gasteiger partial charge in [0.2, 0.25) is 0 Å². The molecule has 1 N–H and O–H groups in total. The third kappa shape index (κ3) is 4.47. The van der Waals surface area contributed by atoms with Crippen molar-refractivity contribution in [1.82, 2.24) is 19.9 Å². The molecule has 3 aromatic rings. The molecule has 1 aromatic carbocycles. The molecule has 0 fully saturated rings. The fraction of sp³-hybridized carbons (Fsp3) is 0.348. The number of pyridine rings is 1. The molecule has 2 heterocycles. The van der Waals surface area contributed by atoms with Crippen molar-refractivity contribution in [2.75, 3.05) is 6.54 Å². The highest BCUT2D eigenvalue weighted by Gasteiger charge is 2.16. The van der Waals surface area contributed by atoms with Gasteiger partial charge in [0.1, 0.15) is 12.1 Å². The zero-order valence-electron chi connectivity index (χ0n) is 17.3. The number of carbonyl (C=O) groups excluding carboxylic acids is 1. The predicted molar refractivity (Wildman–Crippen MR) is 112 cm³/mol. The quantitative estimate of drug-likeness (QED) is 0.727. The summed E-state index contributed by atoms with van der Waals surface area (Å²) in [4.78, 5) is 20.8. The van der Waals surface area contributed by atoms with Crippen LogP contribution in [0.15, 0.2) is 49.2 Å². The summed E-state index contributed by atoms with van der Waals surface area (Å²) >= 11 is 0. The third-order valence-electron chi connectivity index (χ3n) is 5.00. The number of imidazole rings is 1. The first-order chi connectivity index (χ1) is 13.3. The van der Waals surface area contributed by atoms with E-state index in [-0.39, 0.29) is 11.3 Å². The highest BCUT2D eigenvalue weighted by molar-refractivity contribution is 5.93.